The number of rotatable bonds is 5. The van der Waals surface area contributed by atoms with Gasteiger partial charge in [-0.3, -0.25) is 4.79 Å². The first kappa shape index (κ1) is 19.4. The average molecular weight is 376 g/mol. The number of cyclic esters (lactones) is 1. The number of carbonyl (C=O) groups excluding carboxylic acids is 3. The zero-order chi connectivity index (χ0) is 19.9. The zero-order valence-corrected chi connectivity index (χ0v) is 15.3. The molecule has 1 N–H and O–H groups in total. The largest absolute Gasteiger partial charge is 0.462 e. The summed E-state index contributed by atoms with van der Waals surface area (Å²) in [6, 6.07) is 0. The molecule has 7 heteroatoms. The van der Waals surface area contributed by atoms with Gasteiger partial charge in [-0.05, 0) is 12.8 Å². The van der Waals surface area contributed by atoms with Gasteiger partial charge in [0.1, 0.15) is 12.2 Å². The fraction of sp³-hybridized carbons (Fsp3) is 0.550. The minimum absolute atomic E-state index is 0.0659. The number of esters is 3. The number of allylic oxidation sites excluding steroid dienone is 1. The van der Waals surface area contributed by atoms with Crippen molar-refractivity contribution in [1.82, 2.24) is 0 Å². The summed E-state index contributed by atoms with van der Waals surface area (Å²) < 4.78 is 16.6. The fourth-order valence-corrected chi connectivity index (χ4v) is 4.71. The third kappa shape index (κ3) is 3.00. The molecule has 3 fully saturated rings. The molecule has 0 spiro atoms. The summed E-state index contributed by atoms with van der Waals surface area (Å²) in [5.74, 6) is -2.95. The van der Waals surface area contributed by atoms with Crippen LogP contribution in [0.15, 0.2) is 37.0 Å². The van der Waals surface area contributed by atoms with E-state index in [1.807, 2.05) is 0 Å². The number of hydrogen-bond donors (Lipinski definition) is 1. The van der Waals surface area contributed by atoms with Crippen LogP contribution >= 0.6 is 0 Å². The number of fused-ring (bicyclic) bond motifs is 3. The van der Waals surface area contributed by atoms with E-state index in [1.165, 1.54) is 0 Å². The Morgan fingerprint density at radius 2 is 2.15 bits per heavy atom. The summed E-state index contributed by atoms with van der Waals surface area (Å²) in [4.78, 5) is 36.6. The summed E-state index contributed by atoms with van der Waals surface area (Å²) in [5, 5.41) is 9.14. The maximum Gasteiger partial charge on any atom is 0.336 e. The number of aliphatic hydroxyl groups is 1. The van der Waals surface area contributed by atoms with Gasteiger partial charge < -0.3 is 19.3 Å². The first-order valence-electron chi connectivity index (χ1n) is 8.92. The van der Waals surface area contributed by atoms with Crippen molar-refractivity contribution in [3.8, 4) is 0 Å². The molecule has 2 aliphatic heterocycles. The molecule has 2 heterocycles. The van der Waals surface area contributed by atoms with Gasteiger partial charge in [-0.2, -0.15) is 0 Å². The molecule has 2 saturated heterocycles. The Labute approximate surface area is 157 Å². The van der Waals surface area contributed by atoms with Crippen LogP contribution in [0.1, 0.15) is 19.8 Å². The molecule has 0 radical (unpaired) electrons. The van der Waals surface area contributed by atoms with Gasteiger partial charge in [0.25, 0.3) is 0 Å². The molecule has 3 aliphatic rings. The quantitative estimate of drug-likeness (QED) is 0.334. The van der Waals surface area contributed by atoms with Crippen LogP contribution in [0.5, 0.6) is 0 Å². The van der Waals surface area contributed by atoms with Crippen molar-refractivity contribution in [1.29, 1.82) is 0 Å². The lowest BCUT2D eigenvalue weighted by Crippen LogP contribution is -2.58. The molecule has 1 saturated carbocycles. The van der Waals surface area contributed by atoms with Gasteiger partial charge in [-0.15, -0.1) is 6.58 Å². The van der Waals surface area contributed by atoms with Gasteiger partial charge in [0.05, 0.1) is 24.7 Å². The Bertz CT molecular complexity index is 724. The Kier molecular flexibility index (Phi) is 4.99. The van der Waals surface area contributed by atoms with Crippen LogP contribution < -0.4 is 0 Å². The summed E-state index contributed by atoms with van der Waals surface area (Å²) in [5.41, 5.74) is -0.419. The van der Waals surface area contributed by atoms with Gasteiger partial charge in [0, 0.05) is 22.8 Å². The molecular formula is C20H24O7. The first-order valence-corrected chi connectivity index (χ1v) is 8.92. The highest BCUT2D eigenvalue weighted by Gasteiger charge is 2.64. The molecule has 0 aromatic carbocycles. The monoisotopic (exact) mass is 376 g/mol. The van der Waals surface area contributed by atoms with E-state index in [0.29, 0.717) is 12.8 Å². The van der Waals surface area contributed by atoms with E-state index in [0.717, 1.165) is 0 Å². The Hall–Kier alpha value is -2.41. The minimum atomic E-state index is -0.716. The molecular weight excluding hydrogens is 352 g/mol. The number of ether oxygens (including phenoxy) is 3. The molecule has 7 nitrogen and oxygen atoms in total. The maximum atomic E-state index is 12.3. The highest BCUT2D eigenvalue weighted by atomic mass is 16.6. The molecule has 3 rings (SSSR count). The van der Waals surface area contributed by atoms with Crippen LogP contribution in [0, 0.1) is 23.2 Å². The highest BCUT2D eigenvalue weighted by molar-refractivity contribution is 5.90. The van der Waals surface area contributed by atoms with E-state index < -0.39 is 59.9 Å². The average Bonchev–Trinajstić information content (AvgIpc) is 2.92. The van der Waals surface area contributed by atoms with Crippen LogP contribution in [0.3, 0.4) is 0 Å². The van der Waals surface area contributed by atoms with E-state index in [2.05, 4.69) is 19.7 Å². The normalized spacial score (nSPS) is 37.6. The second-order valence-corrected chi connectivity index (χ2v) is 7.61. The summed E-state index contributed by atoms with van der Waals surface area (Å²) in [6.45, 7) is 12.5. The molecule has 6 atom stereocenters. The van der Waals surface area contributed by atoms with Gasteiger partial charge in [0.2, 0.25) is 0 Å². The third-order valence-corrected chi connectivity index (χ3v) is 6.02. The molecule has 0 aromatic heterocycles. The van der Waals surface area contributed by atoms with E-state index in [9.17, 15) is 14.4 Å². The maximum absolute atomic E-state index is 12.3. The molecule has 1 aliphatic carbocycles. The minimum Gasteiger partial charge on any atom is -0.462 e. The third-order valence-electron chi connectivity index (χ3n) is 6.02. The first-order chi connectivity index (χ1) is 12.8. The van der Waals surface area contributed by atoms with Crippen molar-refractivity contribution in [3.05, 3.63) is 37.0 Å². The van der Waals surface area contributed by atoms with Gasteiger partial charge in [0.15, 0.2) is 0 Å². The van der Waals surface area contributed by atoms with Crippen LogP contribution in [0.25, 0.3) is 0 Å². The fourth-order valence-electron chi connectivity index (χ4n) is 4.71. The van der Waals surface area contributed by atoms with Gasteiger partial charge >= 0.3 is 17.9 Å². The molecule has 0 amide bonds. The summed E-state index contributed by atoms with van der Waals surface area (Å²) in [7, 11) is 0. The smallest absolute Gasteiger partial charge is 0.336 e. The Balaban J connectivity index is 2.01. The van der Waals surface area contributed by atoms with Crippen molar-refractivity contribution in [2.24, 2.45) is 23.2 Å². The molecule has 0 bridgehead atoms. The predicted octanol–water partition coefficient (Wildman–Crippen LogP) is 1.32. The Morgan fingerprint density at radius 1 is 1.44 bits per heavy atom. The number of carbonyl (C=O) groups is 3. The van der Waals surface area contributed by atoms with Crippen LogP contribution in [-0.2, 0) is 28.6 Å². The van der Waals surface area contributed by atoms with Gasteiger partial charge in [-0.1, -0.05) is 26.2 Å². The van der Waals surface area contributed by atoms with Crippen molar-refractivity contribution in [3.63, 3.8) is 0 Å². The van der Waals surface area contributed by atoms with Crippen molar-refractivity contribution in [2.45, 2.75) is 32.0 Å². The lowest BCUT2D eigenvalue weighted by Gasteiger charge is -2.52. The highest BCUT2D eigenvalue weighted by Crippen LogP contribution is 2.57. The summed E-state index contributed by atoms with van der Waals surface area (Å²) >= 11 is 0. The van der Waals surface area contributed by atoms with Crippen LogP contribution in [0.2, 0.25) is 0 Å². The molecule has 27 heavy (non-hydrogen) atoms. The predicted molar refractivity (Wildman–Crippen MR) is 94.1 cm³/mol. The lowest BCUT2D eigenvalue weighted by atomic mass is 9.55. The van der Waals surface area contributed by atoms with Crippen LogP contribution in [-0.4, -0.2) is 48.4 Å². The molecule has 146 valence electrons. The van der Waals surface area contributed by atoms with Crippen molar-refractivity contribution < 1.29 is 33.7 Å². The topological polar surface area (TPSA) is 99.1 Å². The van der Waals surface area contributed by atoms with Crippen molar-refractivity contribution >= 4 is 17.9 Å². The van der Waals surface area contributed by atoms with E-state index in [4.69, 9.17) is 19.3 Å². The van der Waals surface area contributed by atoms with E-state index in [-0.39, 0.29) is 17.8 Å². The molecule has 0 aromatic rings. The van der Waals surface area contributed by atoms with Crippen molar-refractivity contribution in [2.75, 3.05) is 13.2 Å². The van der Waals surface area contributed by atoms with E-state index >= 15 is 0 Å². The summed E-state index contributed by atoms with van der Waals surface area (Å²) in [6.07, 6.45) is 1.28. The lowest BCUT2D eigenvalue weighted by molar-refractivity contribution is -0.184. The number of hydrogen-bond acceptors (Lipinski definition) is 7. The van der Waals surface area contributed by atoms with E-state index in [1.54, 1.807) is 13.0 Å². The van der Waals surface area contributed by atoms with Crippen LogP contribution in [0.4, 0.5) is 0 Å². The second-order valence-electron chi connectivity index (χ2n) is 7.61. The second kappa shape index (κ2) is 6.96. The number of aliphatic hydroxyl groups excluding tert-OH is 1. The zero-order valence-electron chi connectivity index (χ0n) is 15.3. The Morgan fingerprint density at radius 3 is 2.78 bits per heavy atom. The van der Waals surface area contributed by atoms with Gasteiger partial charge in [-0.25, -0.2) is 9.59 Å². The SMILES string of the molecule is C=CCC12COC(=O)C(=C)C1C1OC(=O)C(C)C1C(OC(=O)C(=C)CO)C2. The standard InChI is InChI=1S/C20H24O7/c1-5-6-20-7-13(26-17(22)10(2)8-21)14-11(3)19(24)27-16(14)15(20)12(4)18(23)25-9-20/h5,11,13-16,21H,1-2,4,6-9H2,3H3. The molecule has 6 unspecified atom stereocenters.